The van der Waals surface area contributed by atoms with E-state index < -0.39 is 31.8 Å². The van der Waals surface area contributed by atoms with Gasteiger partial charge in [0.1, 0.15) is 5.75 Å². The van der Waals surface area contributed by atoms with Crippen molar-refractivity contribution in [2.75, 3.05) is 22.7 Å². The van der Waals surface area contributed by atoms with E-state index in [1.165, 1.54) is 41.7 Å². The van der Waals surface area contributed by atoms with Crippen LogP contribution < -0.4 is 13.8 Å². The molecule has 35 heavy (non-hydrogen) atoms. The third kappa shape index (κ3) is 5.08. The van der Waals surface area contributed by atoms with Crippen LogP contribution in [0.4, 0.5) is 24.5 Å². The predicted octanol–water partition coefficient (Wildman–Crippen LogP) is 4.66. The third-order valence-corrected chi connectivity index (χ3v) is 8.77. The van der Waals surface area contributed by atoms with Crippen molar-refractivity contribution in [1.29, 1.82) is 0 Å². The predicted molar refractivity (Wildman–Crippen MR) is 125 cm³/mol. The van der Waals surface area contributed by atoms with Crippen molar-refractivity contribution in [1.82, 2.24) is 0 Å². The summed E-state index contributed by atoms with van der Waals surface area (Å²) in [7, 11) is -6.54. The second-order valence-electron chi connectivity index (χ2n) is 7.83. The molecule has 4 rings (SSSR count). The van der Waals surface area contributed by atoms with Crippen molar-refractivity contribution < 1.29 is 34.7 Å². The molecular weight excluding hydrogens is 505 g/mol. The lowest BCUT2D eigenvalue weighted by Gasteiger charge is -2.31. The number of aryl methyl sites for hydroxylation is 1. The molecular formula is C23H21F3N2O5S2. The summed E-state index contributed by atoms with van der Waals surface area (Å²) in [6, 6.07) is 13.6. The number of alkyl halides is 3. The van der Waals surface area contributed by atoms with Gasteiger partial charge in [0.25, 0.3) is 20.0 Å². The van der Waals surface area contributed by atoms with Gasteiger partial charge in [-0.05, 0) is 85.1 Å². The van der Waals surface area contributed by atoms with Gasteiger partial charge < -0.3 is 4.74 Å². The molecule has 0 aliphatic carbocycles. The number of benzene rings is 3. The Morgan fingerprint density at radius 1 is 0.886 bits per heavy atom. The quantitative estimate of drug-likeness (QED) is 0.505. The Morgan fingerprint density at radius 3 is 2.11 bits per heavy atom. The number of hydrogen-bond acceptors (Lipinski definition) is 5. The van der Waals surface area contributed by atoms with E-state index in [9.17, 15) is 30.0 Å². The van der Waals surface area contributed by atoms with Crippen LogP contribution in [0.2, 0.25) is 0 Å². The van der Waals surface area contributed by atoms with Crippen molar-refractivity contribution in [2.45, 2.75) is 28.8 Å². The lowest BCUT2D eigenvalue weighted by molar-refractivity contribution is -0.137. The molecule has 0 radical (unpaired) electrons. The summed E-state index contributed by atoms with van der Waals surface area (Å²) >= 11 is 0. The second-order valence-corrected chi connectivity index (χ2v) is 11.4. The van der Waals surface area contributed by atoms with Crippen molar-refractivity contribution in [2.24, 2.45) is 0 Å². The van der Waals surface area contributed by atoms with E-state index in [-0.39, 0.29) is 22.0 Å². The Balaban J connectivity index is 1.60. The van der Waals surface area contributed by atoms with E-state index in [1.54, 1.807) is 12.1 Å². The first kappa shape index (κ1) is 24.9. The minimum absolute atomic E-state index is 0.0956. The normalized spacial score (nSPS) is 14.3. The van der Waals surface area contributed by atoms with Crippen LogP contribution in [0.15, 0.2) is 76.5 Å². The van der Waals surface area contributed by atoms with Crippen LogP contribution in [0.3, 0.4) is 0 Å². The summed E-state index contributed by atoms with van der Waals surface area (Å²) in [4.78, 5) is -0.231. The van der Waals surface area contributed by atoms with Crippen LogP contribution >= 0.6 is 0 Å². The summed E-state index contributed by atoms with van der Waals surface area (Å²) in [5.41, 5.74) is 0.279. The molecule has 186 valence electrons. The van der Waals surface area contributed by atoms with Crippen LogP contribution in [0.1, 0.15) is 17.5 Å². The Hall–Kier alpha value is -3.25. The van der Waals surface area contributed by atoms with Gasteiger partial charge in [-0.1, -0.05) is 0 Å². The SMILES string of the molecule is COc1ccc(S(=O)(=O)N2CCCc3cc(NS(=O)(=O)c4ccc(C(F)(F)F)cc4)ccc32)cc1. The number of halogens is 3. The highest BCUT2D eigenvalue weighted by molar-refractivity contribution is 7.93. The summed E-state index contributed by atoms with van der Waals surface area (Å²) in [5, 5.41) is 0. The van der Waals surface area contributed by atoms with E-state index in [0.717, 1.165) is 12.1 Å². The largest absolute Gasteiger partial charge is 0.497 e. The molecule has 12 heteroatoms. The maximum absolute atomic E-state index is 13.2. The zero-order valence-corrected chi connectivity index (χ0v) is 20.0. The van der Waals surface area contributed by atoms with Crippen LogP contribution in [0.25, 0.3) is 0 Å². The first-order valence-electron chi connectivity index (χ1n) is 10.4. The Kier molecular flexibility index (Phi) is 6.45. The van der Waals surface area contributed by atoms with Gasteiger partial charge in [0, 0.05) is 12.2 Å². The van der Waals surface area contributed by atoms with E-state index in [0.29, 0.717) is 42.0 Å². The smallest absolute Gasteiger partial charge is 0.416 e. The molecule has 3 aromatic rings. The fourth-order valence-electron chi connectivity index (χ4n) is 3.79. The zero-order valence-electron chi connectivity index (χ0n) is 18.4. The van der Waals surface area contributed by atoms with Crippen LogP contribution in [-0.4, -0.2) is 30.5 Å². The lowest BCUT2D eigenvalue weighted by Crippen LogP contribution is -2.35. The van der Waals surface area contributed by atoms with Gasteiger partial charge in [-0.2, -0.15) is 13.2 Å². The van der Waals surface area contributed by atoms with Gasteiger partial charge in [-0.15, -0.1) is 0 Å². The summed E-state index contributed by atoms with van der Waals surface area (Å²) in [5.74, 6) is 0.521. The molecule has 1 heterocycles. The van der Waals surface area contributed by atoms with Crippen molar-refractivity contribution in [3.05, 3.63) is 77.9 Å². The summed E-state index contributed by atoms with van der Waals surface area (Å²) in [6.45, 7) is 0.262. The molecule has 0 amide bonds. The van der Waals surface area contributed by atoms with Gasteiger partial charge in [-0.3, -0.25) is 9.03 Å². The maximum Gasteiger partial charge on any atom is 0.416 e. The van der Waals surface area contributed by atoms with Crippen LogP contribution in [0, 0.1) is 0 Å². The van der Waals surface area contributed by atoms with Gasteiger partial charge >= 0.3 is 6.18 Å². The number of nitrogens with zero attached hydrogens (tertiary/aromatic N) is 1. The zero-order chi connectivity index (χ0) is 25.4. The summed E-state index contributed by atoms with van der Waals surface area (Å²) < 4.78 is 98.8. The highest BCUT2D eigenvalue weighted by atomic mass is 32.2. The number of methoxy groups -OCH3 is 1. The number of hydrogen-bond donors (Lipinski definition) is 1. The monoisotopic (exact) mass is 526 g/mol. The molecule has 3 aromatic carbocycles. The standard InChI is InChI=1S/C23H21F3N2O5S2/c1-33-19-7-11-21(12-8-19)35(31,32)28-14-2-3-16-15-18(6-13-22(16)28)27-34(29,30)20-9-4-17(5-10-20)23(24,25)26/h4-13,15,27H,2-3,14H2,1H3. The Labute approximate surface area is 201 Å². The maximum atomic E-state index is 13.2. The van der Waals surface area contributed by atoms with E-state index in [4.69, 9.17) is 4.74 Å². The number of fused-ring (bicyclic) bond motifs is 1. The highest BCUT2D eigenvalue weighted by Gasteiger charge is 2.31. The minimum atomic E-state index is -4.58. The minimum Gasteiger partial charge on any atom is -0.497 e. The molecule has 0 fully saturated rings. The average Bonchev–Trinajstić information content (AvgIpc) is 2.83. The molecule has 0 spiro atoms. The van der Waals surface area contributed by atoms with E-state index in [2.05, 4.69) is 4.72 Å². The number of ether oxygens (including phenoxy) is 1. The highest BCUT2D eigenvalue weighted by Crippen LogP contribution is 2.35. The number of nitrogens with one attached hydrogen (secondary N) is 1. The van der Waals surface area contributed by atoms with Crippen molar-refractivity contribution >= 4 is 31.4 Å². The molecule has 0 saturated heterocycles. The van der Waals surface area contributed by atoms with E-state index >= 15 is 0 Å². The molecule has 7 nitrogen and oxygen atoms in total. The number of rotatable bonds is 6. The fourth-order valence-corrected chi connectivity index (χ4v) is 6.38. The van der Waals surface area contributed by atoms with Gasteiger partial charge in [0.05, 0.1) is 28.2 Å². The molecule has 0 unspecified atom stereocenters. The first-order valence-corrected chi connectivity index (χ1v) is 13.3. The third-order valence-electron chi connectivity index (χ3n) is 5.55. The fraction of sp³-hybridized carbons (Fsp3) is 0.217. The van der Waals surface area contributed by atoms with Gasteiger partial charge in [0.2, 0.25) is 0 Å². The Morgan fingerprint density at radius 2 is 1.51 bits per heavy atom. The average molecular weight is 527 g/mol. The second kappa shape index (κ2) is 9.08. The molecule has 0 atom stereocenters. The van der Waals surface area contributed by atoms with Crippen molar-refractivity contribution in [3.63, 3.8) is 0 Å². The number of anilines is 2. The molecule has 0 saturated carbocycles. The van der Waals surface area contributed by atoms with Gasteiger partial charge in [-0.25, -0.2) is 16.8 Å². The number of sulfonamides is 2. The van der Waals surface area contributed by atoms with Crippen molar-refractivity contribution in [3.8, 4) is 5.75 Å². The molecule has 1 aliphatic heterocycles. The van der Waals surface area contributed by atoms with Crippen LogP contribution in [0.5, 0.6) is 5.75 Å². The molecule has 1 aliphatic rings. The van der Waals surface area contributed by atoms with Crippen LogP contribution in [-0.2, 0) is 32.6 Å². The molecule has 0 bridgehead atoms. The summed E-state index contributed by atoms with van der Waals surface area (Å²) in [6.07, 6.45) is -3.52. The topological polar surface area (TPSA) is 92.8 Å². The lowest BCUT2D eigenvalue weighted by atomic mass is 10.0. The Bertz CT molecular complexity index is 1440. The first-order chi connectivity index (χ1) is 16.4. The molecule has 1 N–H and O–H groups in total. The van der Waals surface area contributed by atoms with Gasteiger partial charge in [0.15, 0.2) is 0 Å². The molecule has 0 aromatic heterocycles. The van der Waals surface area contributed by atoms with E-state index in [1.807, 2.05) is 0 Å².